The first-order chi connectivity index (χ1) is 2.21. The van der Waals surface area contributed by atoms with Crippen molar-refractivity contribution in [3.05, 3.63) is 0 Å². The molecule has 0 aromatic carbocycles. The highest BCUT2D eigenvalue weighted by Crippen LogP contribution is 2.74. The molecule has 0 aromatic heterocycles. The van der Waals surface area contributed by atoms with Crippen LogP contribution in [0.2, 0.25) is 0 Å². The van der Waals surface area contributed by atoms with Gasteiger partial charge in [-0.15, -0.1) is 0 Å². The molecule has 1 nitrogen and oxygen atoms in total. The van der Waals surface area contributed by atoms with Crippen molar-refractivity contribution in [1.29, 1.82) is 0 Å². The van der Waals surface area contributed by atoms with Gasteiger partial charge >= 0.3 is 0 Å². The minimum absolute atomic E-state index is 0.500. The van der Waals surface area contributed by atoms with E-state index in [2.05, 4.69) is 12.5 Å². The van der Waals surface area contributed by atoms with E-state index in [9.17, 15) is 0 Å². The molecule has 1 fully saturated rings. The lowest BCUT2D eigenvalue weighted by atomic mass is 11.9. The van der Waals surface area contributed by atoms with Gasteiger partial charge in [-0.2, -0.15) is 0 Å². The zero-order valence-electron chi connectivity index (χ0n) is 3.22. The Labute approximate surface area is 37.2 Å². The standard InChI is InChI=1S/C2H6OS2/c1-5(2)3-4-5/h1-2H3. The zero-order valence-corrected chi connectivity index (χ0v) is 4.86. The molecule has 0 aliphatic carbocycles. The van der Waals surface area contributed by atoms with Gasteiger partial charge in [-0.05, 0) is 12.5 Å². The van der Waals surface area contributed by atoms with E-state index < -0.39 is 9.34 Å². The third kappa shape index (κ3) is 1.03. The molecule has 1 saturated heterocycles. The highest BCUT2D eigenvalue weighted by atomic mass is 33.2. The fourth-order valence-electron chi connectivity index (χ4n) is 0.0556. The van der Waals surface area contributed by atoms with Crippen LogP contribution in [0.1, 0.15) is 0 Å². The summed E-state index contributed by atoms with van der Waals surface area (Å²) in [7, 11) is -0.500. The predicted molar refractivity (Wildman–Crippen MR) is 28.1 cm³/mol. The summed E-state index contributed by atoms with van der Waals surface area (Å²) in [6.45, 7) is 0. The van der Waals surface area contributed by atoms with E-state index in [1.807, 2.05) is 0 Å². The molecule has 1 rings (SSSR count). The van der Waals surface area contributed by atoms with Crippen molar-refractivity contribution in [3.8, 4) is 0 Å². The lowest BCUT2D eigenvalue weighted by Gasteiger charge is -1.86. The topological polar surface area (TPSA) is 12.5 Å². The Morgan fingerprint density at radius 2 is 1.80 bits per heavy atom. The van der Waals surface area contributed by atoms with E-state index in [1.54, 1.807) is 11.1 Å². The van der Waals surface area contributed by atoms with Gasteiger partial charge in [-0.1, -0.05) is 9.34 Å². The van der Waals surface area contributed by atoms with Crippen LogP contribution in [0.25, 0.3) is 0 Å². The highest BCUT2D eigenvalue weighted by molar-refractivity contribution is 9.01. The molecule has 0 saturated carbocycles. The van der Waals surface area contributed by atoms with Gasteiger partial charge in [0.2, 0.25) is 0 Å². The van der Waals surface area contributed by atoms with Crippen molar-refractivity contribution in [3.63, 3.8) is 0 Å². The SMILES string of the molecule is CS1(C)OS1. The van der Waals surface area contributed by atoms with Crippen molar-refractivity contribution < 1.29 is 3.63 Å². The molecular formula is C2H6OS2. The van der Waals surface area contributed by atoms with Crippen molar-refractivity contribution in [2.45, 2.75) is 0 Å². The number of hydrogen-bond donors (Lipinski definition) is 0. The fourth-order valence-corrected chi connectivity index (χ4v) is 1.50. The van der Waals surface area contributed by atoms with Crippen LogP contribution in [-0.2, 0) is 3.63 Å². The average Bonchev–Trinajstić information content (AvgIpc) is 1.76. The van der Waals surface area contributed by atoms with Crippen LogP contribution >= 0.6 is 20.4 Å². The summed E-state index contributed by atoms with van der Waals surface area (Å²) in [5, 5.41) is 0. The van der Waals surface area contributed by atoms with Gasteiger partial charge in [-0.25, -0.2) is 3.63 Å². The Morgan fingerprint density at radius 3 is 1.80 bits per heavy atom. The molecule has 1 heterocycles. The predicted octanol–water partition coefficient (Wildman–Crippen LogP) is 1.56. The van der Waals surface area contributed by atoms with Gasteiger partial charge in [0.1, 0.15) is 0 Å². The molecule has 0 aromatic rings. The Bertz CT molecular complexity index is 45.6. The summed E-state index contributed by atoms with van der Waals surface area (Å²) in [6.07, 6.45) is 4.25. The van der Waals surface area contributed by atoms with Crippen LogP contribution < -0.4 is 0 Å². The average molecular weight is 110 g/mol. The smallest absolute Gasteiger partial charge is 0.0821 e. The summed E-state index contributed by atoms with van der Waals surface area (Å²) < 4.78 is 4.90. The van der Waals surface area contributed by atoms with Crippen LogP contribution in [0, 0.1) is 0 Å². The molecule has 3 heteroatoms. The van der Waals surface area contributed by atoms with Crippen molar-refractivity contribution >= 4 is 20.4 Å². The molecule has 0 atom stereocenters. The molecule has 0 bridgehead atoms. The monoisotopic (exact) mass is 110 g/mol. The first-order valence-corrected chi connectivity index (χ1v) is 4.95. The van der Waals surface area contributed by atoms with Gasteiger partial charge in [0.15, 0.2) is 0 Å². The summed E-state index contributed by atoms with van der Waals surface area (Å²) in [6, 6.07) is 0. The van der Waals surface area contributed by atoms with E-state index in [0.717, 1.165) is 0 Å². The molecule has 0 spiro atoms. The van der Waals surface area contributed by atoms with Crippen LogP contribution in [-0.4, -0.2) is 12.5 Å². The third-order valence-electron chi connectivity index (χ3n) is 0.340. The summed E-state index contributed by atoms with van der Waals surface area (Å²) >= 11 is 1.61. The number of rotatable bonds is 0. The van der Waals surface area contributed by atoms with E-state index in [4.69, 9.17) is 3.63 Å². The molecular weight excluding hydrogens is 104 g/mol. The summed E-state index contributed by atoms with van der Waals surface area (Å²) in [4.78, 5) is 0. The summed E-state index contributed by atoms with van der Waals surface area (Å²) in [5.74, 6) is 0. The maximum absolute atomic E-state index is 4.90. The van der Waals surface area contributed by atoms with Crippen LogP contribution in [0.15, 0.2) is 0 Å². The molecule has 5 heavy (non-hydrogen) atoms. The van der Waals surface area contributed by atoms with Crippen LogP contribution in [0.3, 0.4) is 0 Å². The zero-order chi connectivity index (χ0) is 3.91. The summed E-state index contributed by atoms with van der Waals surface area (Å²) in [5.41, 5.74) is 0. The second kappa shape index (κ2) is 0.832. The van der Waals surface area contributed by atoms with Crippen molar-refractivity contribution in [2.24, 2.45) is 0 Å². The van der Waals surface area contributed by atoms with Crippen molar-refractivity contribution in [1.82, 2.24) is 0 Å². The molecule has 32 valence electrons. The molecule has 0 unspecified atom stereocenters. The van der Waals surface area contributed by atoms with Crippen LogP contribution in [0.5, 0.6) is 0 Å². The molecule has 0 amide bonds. The van der Waals surface area contributed by atoms with E-state index >= 15 is 0 Å². The Kier molecular flexibility index (Phi) is 0.639. The third-order valence-corrected chi connectivity index (χ3v) is 3.06. The quantitative estimate of drug-likeness (QED) is 0.266. The van der Waals surface area contributed by atoms with E-state index in [0.29, 0.717) is 0 Å². The fraction of sp³-hybridized carbons (Fsp3) is 1.00. The first kappa shape index (κ1) is 3.84. The Hall–Kier alpha value is 0.660. The normalized spacial score (nSPS) is 36.4. The second-order valence-corrected chi connectivity index (χ2v) is 7.06. The van der Waals surface area contributed by atoms with Gasteiger partial charge in [-0.3, -0.25) is 0 Å². The largest absolute Gasteiger partial charge is 0.246 e. The molecule has 1 aliphatic heterocycles. The first-order valence-electron chi connectivity index (χ1n) is 1.32. The van der Waals surface area contributed by atoms with Gasteiger partial charge < -0.3 is 0 Å². The Balaban J connectivity index is 2.38. The lowest BCUT2D eigenvalue weighted by Crippen LogP contribution is -1.56. The van der Waals surface area contributed by atoms with Gasteiger partial charge in [0.05, 0.1) is 11.1 Å². The van der Waals surface area contributed by atoms with Gasteiger partial charge in [0.25, 0.3) is 0 Å². The van der Waals surface area contributed by atoms with Gasteiger partial charge in [0, 0.05) is 0 Å². The van der Waals surface area contributed by atoms with Crippen molar-refractivity contribution in [2.75, 3.05) is 12.5 Å². The maximum atomic E-state index is 4.90. The van der Waals surface area contributed by atoms with Crippen LogP contribution in [0.4, 0.5) is 0 Å². The minimum Gasteiger partial charge on any atom is -0.246 e. The second-order valence-electron chi connectivity index (χ2n) is 1.28. The van der Waals surface area contributed by atoms with E-state index in [1.165, 1.54) is 0 Å². The number of hydrogen-bond acceptors (Lipinski definition) is 2. The molecule has 0 radical (unpaired) electrons. The highest BCUT2D eigenvalue weighted by Gasteiger charge is 2.29. The Morgan fingerprint density at radius 1 is 1.60 bits per heavy atom. The molecule has 1 aliphatic rings. The lowest BCUT2D eigenvalue weighted by molar-refractivity contribution is 0.808. The maximum Gasteiger partial charge on any atom is 0.0821 e. The minimum atomic E-state index is -0.500. The molecule has 0 N–H and O–H groups in total. The van der Waals surface area contributed by atoms with E-state index in [-0.39, 0.29) is 0 Å².